The molecule has 4 rings (SSSR count). The molecule has 28 heavy (non-hydrogen) atoms. The summed E-state index contributed by atoms with van der Waals surface area (Å²) in [6.45, 7) is 6.56. The van der Waals surface area contributed by atoms with Crippen LogP contribution >= 0.6 is 0 Å². The lowest BCUT2D eigenvalue weighted by Crippen LogP contribution is -2.36. The lowest BCUT2D eigenvalue weighted by atomic mass is 10.0. The highest BCUT2D eigenvalue weighted by molar-refractivity contribution is 5.74. The average molecular weight is 387 g/mol. The highest BCUT2D eigenvalue weighted by atomic mass is 19.1. The van der Waals surface area contributed by atoms with Crippen molar-refractivity contribution >= 4 is 12.3 Å². The van der Waals surface area contributed by atoms with E-state index in [4.69, 9.17) is 4.74 Å². The van der Waals surface area contributed by atoms with Gasteiger partial charge < -0.3 is 15.4 Å². The van der Waals surface area contributed by atoms with Crippen molar-refractivity contribution in [3.63, 3.8) is 0 Å². The molecular formula is C20H26FN5O2. The van der Waals surface area contributed by atoms with Crippen LogP contribution in [0.5, 0.6) is 0 Å². The maximum atomic E-state index is 14.0. The summed E-state index contributed by atoms with van der Waals surface area (Å²) < 4.78 is 19.6. The van der Waals surface area contributed by atoms with Gasteiger partial charge in [-0.05, 0) is 56.8 Å². The molecule has 3 aliphatic rings. The van der Waals surface area contributed by atoms with Crippen molar-refractivity contribution in [1.29, 1.82) is 0 Å². The third-order valence-electron chi connectivity index (χ3n) is 5.70. The van der Waals surface area contributed by atoms with E-state index < -0.39 is 5.60 Å². The molecule has 0 saturated carbocycles. The van der Waals surface area contributed by atoms with Crippen LogP contribution in [-0.4, -0.2) is 54.0 Å². The summed E-state index contributed by atoms with van der Waals surface area (Å²) in [5.74, 6) is 0.765. The smallest absolute Gasteiger partial charge is 0.416 e. The van der Waals surface area contributed by atoms with Crippen molar-refractivity contribution in [2.45, 2.75) is 38.7 Å². The van der Waals surface area contributed by atoms with E-state index in [1.165, 1.54) is 6.20 Å². The van der Waals surface area contributed by atoms with E-state index in [0.717, 1.165) is 42.8 Å². The minimum atomic E-state index is -0.552. The van der Waals surface area contributed by atoms with Gasteiger partial charge in [0.05, 0.1) is 12.7 Å². The Labute approximate surface area is 164 Å². The van der Waals surface area contributed by atoms with Gasteiger partial charge in [0, 0.05) is 31.1 Å². The second-order valence-electron chi connectivity index (χ2n) is 8.00. The average Bonchev–Trinajstić information content (AvgIpc) is 3.25. The van der Waals surface area contributed by atoms with Crippen LogP contribution in [0.4, 0.5) is 9.18 Å². The number of ether oxygens (including phenoxy) is 1. The number of nitrogens with zero attached hydrogens (tertiary/aromatic N) is 3. The highest BCUT2D eigenvalue weighted by Gasteiger charge is 2.42. The number of hydrogen-bond donors (Lipinski definition) is 2. The Morgan fingerprint density at radius 2 is 2.25 bits per heavy atom. The quantitative estimate of drug-likeness (QED) is 0.729. The van der Waals surface area contributed by atoms with E-state index in [0.29, 0.717) is 31.2 Å². The van der Waals surface area contributed by atoms with Crippen LogP contribution in [0.2, 0.25) is 0 Å². The predicted octanol–water partition coefficient (Wildman–Crippen LogP) is 1.91. The van der Waals surface area contributed by atoms with Crippen LogP contribution < -0.4 is 10.6 Å². The molecule has 2 atom stereocenters. The number of cyclic esters (lactones) is 1. The molecule has 1 aliphatic carbocycles. The number of fused-ring (bicyclic) bond motifs is 1. The van der Waals surface area contributed by atoms with Crippen molar-refractivity contribution in [3.05, 3.63) is 40.9 Å². The Morgan fingerprint density at radius 1 is 1.43 bits per heavy atom. The zero-order valence-electron chi connectivity index (χ0n) is 16.3. The lowest BCUT2D eigenvalue weighted by molar-refractivity contribution is 0.0649. The monoisotopic (exact) mass is 387 g/mol. The summed E-state index contributed by atoms with van der Waals surface area (Å²) in [6, 6.07) is 0. The molecule has 0 spiro atoms. The zero-order chi connectivity index (χ0) is 19.7. The summed E-state index contributed by atoms with van der Waals surface area (Å²) in [6.07, 6.45) is 6.74. The molecule has 1 amide bonds. The van der Waals surface area contributed by atoms with Crippen LogP contribution in [0.15, 0.2) is 23.2 Å². The Bertz CT molecular complexity index is 809. The first-order chi connectivity index (χ1) is 13.5. The first kappa shape index (κ1) is 18.9. The van der Waals surface area contributed by atoms with Gasteiger partial charge in [0.1, 0.15) is 11.4 Å². The molecule has 150 valence electrons. The number of aromatic nitrogens is 1. The minimum absolute atomic E-state index is 0.192. The number of halogens is 1. The van der Waals surface area contributed by atoms with Crippen LogP contribution in [0, 0.1) is 18.7 Å². The molecule has 2 N–H and O–H groups in total. The van der Waals surface area contributed by atoms with E-state index in [2.05, 4.69) is 20.6 Å². The fraction of sp³-hybridized carbons (Fsp3) is 0.550. The van der Waals surface area contributed by atoms with E-state index in [1.807, 2.05) is 13.8 Å². The molecule has 2 unspecified atom stereocenters. The molecule has 0 bridgehead atoms. The third-order valence-corrected chi connectivity index (χ3v) is 5.70. The number of carbonyl (C=O) groups is 1. The molecular weight excluding hydrogens is 361 g/mol. The van der Waals surface area contributed by atoms with E-state index in [9.17, 15) is 9.18 Å². The molecule has 3 heterocycles. The Balaban J connectivity index is 1.25. The van der Waals surface area contributed by atoms with Gasteiger partial charge in [-0.15, -0.1) is 0 Å². The van der Waals surface area contributed by atoms with Gasteiger partial charge >= 0.3 is 6.09 Å². The van der Waals surface area contributed by atoms with E-state index >= 15 is 0 Å². The van der Waals surface area contributed by atoms with Crippen molar-refractivity contribution in [3.8, 4) is 0 Å². The van der Waals surface area contributed by atoms with Gasteiger partial charge in [-0.3, -0.25) is 9.88 Å². The molecule has 1 saturated heterocycles. The summed E-state index contributed by atoms with van der Waals surface area (Å²) in [5, 5.41) is 6.51. The summed E-state index contributed by atoms with van der Waals surface area (Å²) in [7, 11) is 0. The SMILES string of the molecule is Cc1ncc(F)c2c1CC(CNCCC1(C)CN(C3=CNCC=N3)C(=O)O1)C2. The highest BCUT2D eigenvalue weighted by Crippen LogP contribution is 2.31. The van der Waals surface area contributed by atoms with Gasteiger partial charge in [-0.1, -0.05) is 0 Å². The zero-order valence-corrected chi connectivity index (χ0v) is 16.3. The topological polar surface area (TPSA) is 78.9 Å². The minimum Gasteiger partial charge on any atom is -0.441 e. The van der Waals surface area contributed by atoms with Crippen molar-refractivity contribution in [1.82, 2.24) is 20.5 Å². The Morgan fingerprint density at radius 3 is 3.00 bits per heavy atom. The number of pyridine rings is 1. The van der Waals surface area contributed by atoms with Gasteiger partial charge in [0.25, 0.3) is 0 Å². The summed E-state index contributed by atoms with van der Waals surface area (Å²) >= 11 is 0. The van der Waals surface area contributed by atoms with Crippen molar-refractivity contribution in [2.75, 3.05) is 26.2 Å². The second kappa shape index (κ2) is 7.50. The number of aryl methyl sites for hydroxylation is 1. The van der Waals surface area contributed by atoms with E-state index in [1.54, 1.807) is 17.3 Å². The summed E-state index contributed by atoms with van der Waals surface area (Å²) in [4.78, 5) is 22.2. The predicted molar refractivity (Wildman–Crippen MR) is 103 cm³/mol. The first-order valence-electron chi connectivity index (χ1n) is 9.75. The molecule has 8 heteroatoms. The van der Waals surface area contributed by atoms with Crippen molar-refractivity contribution < 1.29 is 13.9 Å². The number of amides is 1. The molecule has 1 aromatic heterocycles. The molecule has 0 aromatic carbocycles. The van der Waals surface area contributed by atoms with Crippen LogP contribution in [0.25, 0.3) is 0 Å². The first-order valence-corrected chi connectivity index (χ1v) is 9.75. The molecule has 1 aromatic rings. The van der Waals surface area contributed by atoms with Gasteiger partial charge in [0.15, 0.2) is 5.82 Å². The standard InChI is InChI=1S/C20H26FN5O2/c1-13-15-7-14(8-16(15)17(21)10-25-13)9-22-4-3-20(2)12-26(19(27)28-20)18-11-23-5-6-24-18/h6,10-11,14,22-23H,3-5,7-9,12H2,1-2H3. The van der Waals surface area contributed by atoms with Gasteiger partial charge in [-0.25, -0.2) is 14.2 Å². The number of nitrogens with one attached hydrogen (secondary N) is 2. The van der Waals surface area contributed by atoms with Crippen LogP contribution in [0.1, 0.15) is 30.2 Å². The molecule has 2 aliphatic heterocycles. The van der Waals surface area contributed by atoms with Crippen LogP contribution in [0.3, 0.4) is 0 Å². The largest absolute Gasteiger partial charge is 0.441 e. The van der Waals surface area contributed by atoms with Gasteiger partial charge in [-0.2, -0.15) is 0 Å². The molecule has 7 nitrogen and oxygen atoms in total. The molecule has 0 radical (unpaired) electrons. The Hall–Kier alpha value is -2.48. The number of hydrogen-bond acceptors (Lipinski definition) is 6. The van der Waals surface area contributed by atoms with Crippen LogP contribution in [-0.2, 0) is 17.6 Å². The number of aliphatic imine (C=N–C) groups is 1. The molecule has 1 fully saturated rings. The third kappa shape index (κ3) is 3.73. The summed E-state index contributed by atoms with van der Waals surface area (Å²) in [5.41, 5.74) is 2.26. The normalized spacial score (nSPS) is 26.1. The van der Waals surface area contributed by atoms with Crippen molar-refractivity contribution in [2.24, 2.45) is 10.9 Å². The Kier molecular flexibility index (Phi) is 5.05. The lowest BCUT2D eigenvalue weighted by Gasteiger charge is -2.22. The van der Waals surface area contributed by atoms with Gasteiger partial charge in [0.2, 0.25) is 0 Å². The fourth-order valence-electron chi connectivity index (χ4n) is 4.15. The fourth-order valence-corrected chi connectivity index (χ4v) is 4.15. The second-order valence-corrected chi connectivity index (χ2v) is 8.00. The number of rotatable bonds is 6. The maximum Gasteiger partial charge on any atom is 0.416 e. The van der Waals surface area contributed by atoms with E-state index in [-0.39, 0.29) is 11.9 Å². The maximum absolute atomic E-state index is 14.0. The number of carbonyl (C=O) groups excluding carboxylic acids is 1.